The molecule has 1 fully saturated rings. The van der Waals surface area contributed by atoms with Crippen molar-refractivity contribution in [1.29, 1.82) is 0 Å². The van der Waals surface area contributed by atoms with Gasteiger partial charge in [0.15, 0.2) is 0 Å². The van der Waals surface area contributed by atoms with Gasteiger partial charge in [-0.15, -0.1) is 0 Å². The van der Waals surface area contributed by atoms with Gasteiger partial charge in [-0.2, -0.15) is 0 Å². The molecular weight excluding hydrogens is 418 g/mol. The summed E-state index contributed by atoms with van der Waals surface area (Å²) in [4.78, 5) is 24.5. The van der Waals surface area contributed by atoms with Gasteiger partial charge in [0.2, 0.25) is 0 Å². The van der Waals surface area contributed by atoms with Crippen LogP contribution in [0.2, 0.25) is 0 Å². The highest BCUT2D eigenvalue weighted by Crippen LogP contribution is 2.37. The molecule has 1 amide bonds. The Morgan fingerprint density at radius 2 is 2.04 bits per heavy atom. The lowest BCUT2D eigenvalue weighted by molar-refractivity contribution is 0.0846. The quantitative estimate of drug-likeness (QED) is 0.701. The van der Waals surface area contributed by atoms with Crippen LogP contribution in [0.25, 0.3) is 0 Å². The van der Waals surface area contributed by atoms with Gasteiger partial charge in [-0.25, -0.2) is 9.97 Å². The Morgan fingerprint density at radius 3 is 2.71 bits per heavy atom. The average molecular weight is 446 g/mol. The second-order valence-electron chi connectivity index (χ2n) is 7.81. The molecule has 2 aromatic rings. The number of nitrogens with one attached hydrogen (secondary N) is 1. The molecule has 6 nitrogen and oxygen atoms in total. The summed E-state index contributed by atoms with van der Waals surface area (Å²) >= 11 is 3.42. The molecule has 1 aliphatic carbocycles. The van der Waals surface area contributed by atoms with Crippen molar-refractivity contribution in [3.8, 4) is 0 Å². The second kappa shape index (κ2) is 8.17. The number of anilines is 1. The molecule has 1 aliphatic rings. The number of hydrogen-bond donors (Lipinski definition) is 2. The summed E-state index contributed by atoms with van der Waals surface area (Å²) in [6, 6.07) is 7.33. The van der Waals surface area contributed by atoms with Gasteiger partial charge in [0.25, 0.3) is 5.91 Å². The molecule has 0 saturated heterocycles. The summed E-state index contributed by atoms with van der Waals surface area (Å²) in [5.41, 5.74) is 8.50. The van der Waals surface area contributed by atoms with Gasteiger partial charge in [-0.1, -0.05) is 28.4 Å². The molecule has 3 rings (SSSR count). The minimum Gasteiger partial charge on any atom is -0.362 e. The first-order valence-corrected chi connectivity index (χ1v) is 10.4. The van der Waals surface area contributed by atoms with Crippen molar-refractivity contribution in [2.75, 3.05) is 19.0 Å². The highest BCUT2D eigenvalue weighted by Gasteiger charge is 2.41. The molecule has 0 unspecified atom stereocenters. The minimum atomic E-state index is -0.872. The maximum absolute atomic E-state index is 12.9. The number of hydrogen-bond acceptors (Lipinski definition) is 5. The summed E-state index contributed by atoms with van der Waals surface area (Å²) < 4.78 is 0.861. The van der Waals surface area contributed by atoms with E-state index in [-0.39, 0.29) is 11.8 Å². The van der Waals surface area contributed by atoms with Gasteiger partial charge in [-0.05, 0) is 51.3 Å². The maximum Gasteiger partial charge on any atom is 0.252 e. The van der Waals surface area contributed by atoms with Gasteiger partial charge in [0.05, 0.1) is 11.6 Å². The van der Waals surface area contributed by atoms with Gasteiger partial charge < -0.3 is 16.0 Å². The number of carbonyl (C=O) groups is 1. The van der Waals surface area contributed by atoms with Crippen LogP contribution in [0.1, 0.15) is 59.0 Å². The topological polar surface area (TPSA) is 84.1 Å². The van der Waals surface area contributed by atoms with Crippen molar-refractivity contribution in [1.82, 2.24) is 15.3 Å². The van der Waals surface area contributed by atoms with Crippen LogP contribution in [-0.4, -0.2) is 35.6 Å². The maximum atomic E-state index is 12.9. The third kappa shape index (κ3) is 4.20. The number of benzene rings is 1. The fraction of sp³-hybridized carbons (Fsp3) is 0.476. The van der Waals surface area contributed by atoms with Crippen molar-refractivity contribution >= 4 is 27.7 Å². The molecule has 28 heavy (non-hydrogen) atoms. The van der Waals surface area contributed by atoms with E-state index in [2.05, 4.69) is 21.2 Å². The van der Waals surface area contributed by atoms with E-state index in [1.807, 2.05) is 45.0 Å². The lowest BCUT2D eigenvalue weighted by Gasteiger charge is -2.41. The number of nitrogens with two attached hydrogens (primary N) is 1. The predicted molar refractivity (Wildman–Crippen MR) is 116 cm³/mol. The number of amides is 1. The first kappa shape index (κ1) is 20.7. The van der Waals surface area contributed by atoms with Crippen LogP contribution in [0.4, 0.5) is 5.82 Å². The second-order valence-corrected chi connectivity index (χ2v) is 8.73. The summed E-state index contributed by atoms with van der Waals surface area (Å²) in [5, 5.41) is 3.09. The zero-order valence-electron chi connectivity index (χ0n) is 16.9. The Morgan fingerprint density at radius 1 is 1.29 bits per heavy atom. The van der Waals surface area contributed by atoms with Crippen LogP contribution in [0, 0.1) is 13.8 Å². The summed E-state index contributed by atoms with van der Waals surface area (Å²) in [7, 11) is 3.95. The molecular formula is C21H28BrN5O. The van der Waals surface area contributed by atoms with Crippen LogP contribution < -0.4 is 16.0 Å². The number of carbonyl (C=O) groups excluding carboxylic acids is 1. The Balaban J connectivity index is 1.95. The lowest BCUT2D eigenvalue weighted by atomic mass is 9.78. The average Bonchev–Trinajstić information content (AvgIpc) is 2.63. The van der Waals surface area contributed by atoms with Crippen molar-refractivity contribution < 1.29 is 4.79 Å². The van der Waals surface area contributed by atoms with Crippen molar-refractivity contribution in [3.05, 3.63) is 51.4 Å². The first-order chi connectivity index (χ1) is 13.2. The SMILES string of the molecule is Cc1nc([C@H]2CCCC[C@@]2(N)NC(=O)c2cccc(Br)c2)nc(N(C)C)c1C. The number of aryl methyl sites for hydroxylation is 1. The lowest BCUT2D eigenvalue weighted by Crippen LogP contribution is -2.61. The highest BCUT2D eigenvalue weighted by molar-refractivity contribution is 9.10. The molecule has 0 radical (unpaired) electrons. The van der Waals surface area contributed by atoms with E-state index in [9.17, 15) is 4.79 Å². The van der Waals surface area contributed by atoms with E-state index < -0.39 is 5.66 Å². The molecule has 3 N–H and O–H groups in total. The number of rotatable bonds is 4. The molecule has 0 spiro atoms. The van der Waals surface area contributed by atoms with Crippen molar-refractivity contribution in [2.45, 2.75) is 51.1 Å². The van der Waals surface area contributed by atoms with Gasteiger partial charge in [-0.3, -0.25) is 4.79 Å². The van der Waals surface area contributed by atoms with E-state index in [0.29, 0.717) is 17.8 Å². The van der Waals surface area contributed by atoms with Gasteiger partial charge in [0, 0.05) is 35.4 Å². The van der Waals surface area contributed by atoms with Crippen molar-refractivity contribution in [2.24, 2.45) is 5.73 Å². The summed E-state index contributed by atoms with van der Waals surface area (Å²) in [5.74, 6) is 1.31. The Hall–Kier alpha value is -1.99. The zero-order chi connectivity index (χ0) is 20.5. The molecule has 7 heteroatoms. The van der Waals surface area contributed by atoms with E-state index in [1.54, 1.807) is 12.1 Å². The molecule has 1 aromatic heterocycles. The first-order valence-electron chi connectivity index (χ1n) is 9.60. The van der Waals surface area contributed by atoms with Crippen LogP contribution in [-0.2, 0) is 0 Å². The van der Waals surface area contributed by atoms with E-state index >= 15 is 0 Å². The van der Waals surface area contributed by atoms with Gasteiger partial charge in [0.1, 0.15) is 11.6 Å². The fourth-order valence-electron chi connectivity index (χ4n) is 3.85. The fourth-order valence-corrected chi connectivity index (χ4v) is 4.25. The number of nitrogens with zero attached hydrogens (tertiary/aromatic N) is 3. The Bertz CT molecular complexity index is 885. The molecule has 0 aliphatic heterocycles. The molecule has 1 saturated carbocycles. The molecule has 1 heterocycles. The van der Waals surface area contributed by atoms with Crippen LogP contribution >= 0.6 is 15.9 Å². The van der Waals surface area contributed by atoms with Gasteiger partial charge >= 0.3 is 0 Å². The standard InChI is InChI=1S/C21H28BrN5O/c1-13-14(2)24-18(25-19(13)27(3)4)17-10-5-6-11-21(17,23)26-20(28)15-8-7-9-16(22)12-15/h7-9,12,17H,5-6,10-11,23H2,1-4H3,(H,26,28)/t17-,21-/m1/s1. The Labute approximate surface area is 175 Å². The van der Waals surface area contributed by atoms with Crippen LogP contribution in [0.15, 0.2) is 28.7 Å². The summed E-state index contributed by atoms with van der Waals surface area (Å²) in [6.07, 6.45) is 3.57. The molecule has 0 bridgehead atoms. The van der Waals surface area contributed by atoms with E-state index in [1.165, 1.54) is 0 Å². The largest absolute Gasteiger partial charge is 0.362 e. The smallest absolute Gasteiger partial charge is 0.252 e. The minimum absolute atomic E-state index is 0.129. The highest BCUT2D eigenvalue weighted by atomic mass is 79.9. The van der Waals surface area contributed by atoms with Crippen molar-refractivity contribution in [3.63, 3.8) is 0 Å². The van der Waals surface area contributed by atoms with E-state index in [0.717, 1.165) is 40.8 Å². The Kier molecular flexibility index (Phi) is 6.05. The summed E-state index contributed by atoms with van der Waals surface area (Å²) in [6.45, 7) is 4.02. The molecule has 150 valence electrons. The molecule has 2 atom stereocenters. The normalized spacial score (nSPS) is 22.0. The van der Waals surface area contributed by atoms with Crippen LogP contribution in [0.5, 0.6) is 0 Å². The predicted octanol–water partition coefficient (Wildman–Crippen LogP) is 3.66. The number of halogens is 1. The number of aromatic nitrogens is 2. The molecule has 1 aromatic carbocycles. The van der Waals surface area contributed by atoms with E-state index in [4.69, 9.17) is 15.7 Å². The zero-order valence-corrected chi connectivity index (χ0v) is 18.5. The van der Waals surface area contributed by atoms with Crippen LogP contribution in [0.3, 0.4) is 0 Å². The third-order valence-corrected chi connectivity index (χ3v) is 6.00. The third-order valence-electron chi connectivity index (χ3n) is 5.50. The monoisotopic (exact) mass is 445 g/mol.